The van der Waals surface area contributed by atoms with E-state index in [0.29, 0.717) is 23.1 Å². The monoisotopic (exact) mass is 278 g/mol. The third-order valence-electron chi connectivity index (χ3n) is 2.79. The molecule has 1 heterocycles. The molecule has 5 nitrogen and oxygen atoms in total. The number of nitrogens with two attached hydrogens (primary N) is 1. The highest BCUT2D eigenvalue weighted by Crippen LogP contribution is 2.22. The summed E-state index contributed by atoms with van der Waals surface area (Å²) < 4.78 is 5.67. The maximum Gasteiger partial charge on any atom is 0.224 e. The summed E-state index contributed by atoms with van der Waals surface area (Å²) in [4.78, 5) is 8.26. The van der Waals surface area contributed by atoms with Gasteiger partial charge in [-0.2, -0.15) is 0 Å². The molecule has 0 aliphatic heterocycles. The van der Waals surface area contributed by atoms with Gasteiger partial charge < -0.3 is 15.8 Å². The average Bonchev–Trinajstić information content (AvgIpc) is 2.51. The zero-order valence-electron chi connectivity index (χ0n) is 11.2. The highest BCUT2D eigenvalue weighted by molar-refractivity contribution is 5.56. The van der Waals surface area contributed by atoms with Crippen LogP contribution in [0.3, 0.4) is 0 Å². The van der Waals surface area contributed by atoms with Crippen LogP contribution in [0, 0.1) is 0 Å². The Balaban J connectivity index is 1.75. The molecule has 21 heavy (non-hydrogen) atoms. The zero-order chi connectivity index (χ0) is 14.5. The number of rotatable bonds is 4. The van der Waals surface area contributed by atoms with Gasteiger partial charge in [0.1, 0.15) is 17.9 Å². The van der Waals surface area contributed by atoms with Crippen molar-refractivity contribution in [3.05, 3.63) is 67.0 Å². The number of hydrogen-bond acceptors (Lipinski definition) is 5. The van der Waals surface area contributed by atoms with Crippen molar-refractivity contribution < 1.29 is 4.74 Å². The highest BCUT2D eigenvalue weighted by atomic mass is 16.5. The molecule has 104 valence electrons. The molecule has 3 N–H and O–H groups in total. The third-order valence-corrected chi connectivity index (χ3v) is 2.79. The van der Waals surface area contributed by atoms with Crippen LogP contribution in [0.4, 0.5) is 17.2 Å². The van der Waals surface area contributed by atoms with Crippen molar-refractivity contribution in [2.24, 2.45) is 0 Å². The summed E-state index contributed by atoms with van der Waals surface area (Å²) in [6, 6.07) is 18.7. The molecule has 0 bridgehead atoms. The molecule has 0 radical (unpaired) electrons. The van der Waals surface area contributed by atoms with Crippen molar-refractivity contribution in [2.45, 2.75) is 0 Å². The first-order valence-corrected chi connectivity index (χ1v) is 6.47. The van der Waals surface area contributed by atoms with Gasteiger partial charge in [-0.25, -0.2) is 9.97 Å². The number of benzene rings is 2. The van der Waals surface area contributed by atoms with Gasteiger partial charge in [-0.3, -0.25) is 0 Å². The van der Waals surface area contributed by atoms with E-state index in [0.717, 1.165) is 5.69 Å². The van der Waals surface area contributed by atoms with Crippen molar-refractivity contribution >= 4 is 17.2 Å². The summed E-state index contributed by atoms with van der Waals surface area (Å²) in [5.41, 5.74) is 7.28. The summed E-state index contributed by atoms with van der Waals surface area (Å²) in [5.74, 6) is 1.81. The molecule has 1 aromatic heterocycles. The van der Waals surface area contributed by atoms with Crippen LogP contribution in [0.1, 0.15) is 0 Å². The number of nitrogens with one attached hydrogen (secondary N) is 1. The number of hydrogen-bond donors (Lipinski definition) is 2. The number of aromatic nitrogens is 2. The van der Waals surface area contributed by atoms with E-state index in [-0.39, 0.29) is 0 Å². The smallest absolute Gasteiger partial charge is 0.224 e. The molecule has 0 atom stereocenters. The standard InChI is InChI=1S/C16H14N4O/c17-12-6-8-14(9-7-12)21-16-10-15(18-11-19-16)20-13-4-2-1-3-5-13/h1-11H,17H2,(H,18,19,20). The Labute approximate surface area is 122 Å². The number of anilines is 3. The van der Waals surface area contributed by atoms with Gasteiger partial charge >= 0.3 is 0 Å². The Morgan fingerprint density at radius 1 is 0.905 bits per heavy atom. The maximum atomic E-state index is 5.67. The molecule has 0 unspecified atom stereocenters. The highest BCUT2D eigenvalue weighted by Gasteiger charge is 2.02. The van der Waals surface area contributed by atoms with Crippen molar-refractivity contribution in [2.75, 3.05) is 11.1 Å². The van der Waals surface area contributed by atoms with Gasteiger partial charge in [-0.1, -0.05) is 18.2 Å². The lowest BCUT2D eigenvalue weighted by atomic mass is 10.3. The molecule has 0 aliphatic carbocycles. The Morgan fingerprint density at radius 3 is 2.43 bits per heavy atom. The zero-order valence-corrected chi connectivity index (χ0v) is 11.2. The van der Waals surface area contributed by atoms with Crippen LogP contribution in [0.15, 0.2) is 67.0 Å². The van der Waals surface area contributed by atoms with E-state index in [1.165, 1.54) is 6.33 Å². The molecule has 2 aromatic carbocycles. The Bertz CT molecular complexity index is 714. The van der Waals surface area contributed by atoms with Crippen LogP contribution in [0.2, 0.25) is 0 Å². The first kappa shape index (κ1) is 12.9. The molecule has 0 amide bonds. The molecule has 0 saturated carbocycles. The number of nitrogen functional groups attached to an aromatic ring is 1. The normalized spacial score (nSPS) is 10.1. The molecular weight excluding hydrogens is 264 g/mol. The lowest BCUT2D eigenvalue weighted by Gasteiger charge is -2.08. The minimum atomic E-state index is 0.466. The summed E-state index contributed by atoms with van der Waals surface area (Å²) in [6.07, 6.45) is 1.46. The first-order valence-electron chi connectivity index (χ1n) is 6.47. The largest absolute Gasteiger partial charge is 0.439 e. The molecule has 0 saturated heterocycles. The van der Waals surface area contributed by atoms with Crippen LogP contribution >= 0.6 is 0 Å². The summed E-state index contributed by atoms with van der Waals surface area (Å²) >= 11 is 0. The fraction of sp³-hybridized carbons (Fsp3) is 0. The van der Waals surface area contributed by atoms with E-state index in [1.807, 2.05) is 30.3 Å². The molecule has 3 aromatic rings. The Kier molecular flexibility index (Phi) is 3.64. The van der Waals surface area contributed by atoms with Crippen molar-refractivity contribution in [3.8, 4) is 11.6 Å². The van der Waals surface area contributed by atoms with Gasteiger partial charge in [-0.15, -0.1) is 0 Å². The molecule has 5 heteroatoms. The predicted molar refractivity (Wildman–Crippen MR) is 82.7 cm³/mol. The van der Waals surface area contributed by atoms with Crippen molar-refractivity contribution in [3.63, 3.8) is 0 Å². The lowest BCUT2D eigenvalue weighted by molar-refractivity contribution is 0.462. The van der Waals surface area contributed by atoms with E-state index in [2.05, 4.69) is 15.3 Å². The van der Waals surface area contributed by atoms with E-state index in [1.54, 1.807) is 30.3 Å². The second kappa shape index (κ2) is 5.92. The number of nitrogens with zero attached hydrogens (tertiary/aromatic N) is 2. The van der Waals surface area contributed by atoms with E-state index < -0.39 is 0 Å². The van der Waals surface area contributed by atoms with Crippen LogP contribution < -0.4 is 15.8 Å². The van der Waals surface area contributed by atoms with Crippen molar-refractivity contribution in [1.29, 1.82) is 0 Å². The van der Waals surface area contributed by atoms with Crippen LogP contribution in [0.25, 0.3) is 0 Å². The molecular formula is C16H14N4O. The van der Waals surface area contributed by atoms with Crippen LogP contribution in [-0.2, 0) is 0 Å². The van der Waals surface area contributed by atoms with Gasteiger partial charge in [0, 0.05) is 17.4 Å². The molecule has 3 rings (SSSR count). The summed E-state index contributed by atoms with van der Waals surface area (Å²) in [6.45, 7) is 0. The average molecular weight is 278 g/mol. The quantitative estimate of drug-likeness (QED) is 0.713. The summed E-state index contributed by atoms with van der Waals surface area (Å²) in [7, 11) is 0. The topological polar surface area (TPSA) is 73.1 Å². The minimum absolute atomic E-state index is 0.466. The lowest BCUT2D eigenvalue weighted by Crippen LogP contribution is -1.96. The van der Waals surface area contributed by atoms with E-state index in [9.17, 15) is 0 Å². The fourth-order valence-corrected chi connectivity index (χ4v) is 1.79. The van der Waals surface area contributed by atoms with Crippen LogP contribution in [-0.4, -0.2) is 9.97 Å². The van der Waals surface area contributed by atoms with E-state index >= 15 is 0 Å². The fourth-order valence-electron chi connectivity index (χ4n) is 1.79. The first-order chi connectivity index (χ1) is 10.3. The Morgan fingerprint density at radius 2 is 1.67 bits per heavy atom. The van der Waals surface area contributed by atoms with Gasteiger partial charge in [-0.05, 0) is 36.4 Å². The summed E-state index contributed by atoms with van der Waals surface area (Å²) in [5, 5.41) is 3.19. The molecule has 0 fully saturated rings. The van der Waals surface area contributed by atoms with Gasteiger partial charge in [0.25, 0.3) is 0 Å². The van der Waals surface area contributed by atoms with Gasteiger partial charge in [0.15, 0.2) is 0 Å². The molecule has 0 spiro atoms. The van der Waals surface area contributed by atoms with Gasteiger partial charge in [0.2, 0.25) is 5.88 Å². The van der Waals surface area contributed by atoms with Crippen LogP contribution in [0.5, 0.6) is 11.6 Å². The minimum Gasteiger partial charge on any atom is -0.439 e. The second-order valence-corrected chi connectivity index (χ2v) is 4.40. The predicted octanol–water partition coefficient (Wildman–Crippen LogP) is 3.59. The van der Waals surface area contributed by atoms with Gasteiger partial charge in [0.05, 0.1) is 0 Å². The SMILES string of the molecule is Nc1ccc(Oc2cc(Nc3ccccc3)ncn2)cc1. The number of ether oxygens (including phenoxy) is 1. The second-order valence-electron chi connectivity index (χ2n) is 4.40. The van der Waals surface area contributed by atoms with Crippen molar-refractivity contribution in [1.82, 2.24) is 9.97 Å². The third kappa shape index (κ3) is 3.48. The number of para-hydroxylation sites is 1. The molecule has 0 aliphatic rings. The Hall–Kier alpha value is -3.08. The maximum absolute atomic E-state index is 5.67. The van der Waals surface area contributed by atoms with E-state index in [4.69, 9.17) is 10.5 Å².